The van der Waals surface area contributed by atoms with Gasteiger partial charge in [0.2, 0.25) is 10.4 Å². The molecule has 0 aromatic rings. The van der Waals surface area contributed by atoms with Crippen LogP contribution in [-0.2, 0) is 24.1 Å². The minimum atomic E-state index is -4.47. The van der Waals surface area contributed by atoms with Crippen LogP contribution < -0.4 is 4.90 Å². The summed E-state index contributed by atoms with van der Waals surface area (Å²) < 4.78 is 39.0. The molecule has 0 aromatic heterocycles. The van der Waals surface area contributed by atoms with Crippen LogP contribution in [0.15, 0.2) is 12.4 Å². The van der Waals surface area contributed by atoms with Crippen molar-refractivity contribution in [3.8, 4) is 0 Å². The van der Waals surface area contributed by atoms with E-state index in [9.17, 15) is 17.8 Å². The van der Waals surface area contributed by atoms with Crippen LogP contribution in [0.1, 0.15) is 58.8 Å². The van der Waals surface area contributed by atoms with Gasteiger partial charge >= 0.3 is 5.97 Å². The Morgan fingerprint density at radius 1 is 1.12 bits per heavy atom. The molecule has 9 heteroatoms. The van der Waals surface area contributed by atoms with Crippen LogP contribution in [0.3, 0.4) is 0 Å². The Bertz CT molecular complexity index is 495. The molecule has 0 aliphatic carbocycles. The third-order valence-corrected chi connectivity index (χ3v) is 4.00. The second-order valence-electron chi connectivity index (χ2n) is 6.29. The fourth-order valence-corrected chi connectivity index (χ4v) is 2.56. The van der Waals surface area contributed by atoms with Crippen molar-refractivity contribution in [2.75, 3.05) is 33.5 Å². The highest BCUT2D eigenvalue weighted by Gasteiger charge is 2.16. The van der Waals surface area contributed by atoms with Gasteiger partial charge in [0.25, 0.3) is 0 Å². The van der Waals surface area contributed by atoms with Gasteiger partial charge in [0.1, 0.15) is 12.7 Å². The van der Waals surface area contributed by atoms with Gasteiger partial charge in [0.15, 0.2) is 6.67 Å². The molecule has 0 fully saturated rings. The summed E-state index contributed by atoms with van der Waals surface area (Å²) in [5, 5.41) is 0. The molecule has 1 unspecified atom stereocenters. The Morgan fingerprint density at radius 2 is 1.77 bits per heavy atom. The zero-order valence-electron chi connectivity index (χ0n) is 16.2. The second kappa shape index (κ2) is 15.0. The van der Waals surface area contributed by atoms with Crippen molar-refractivity contribution in [1.82, 2.24) is 4.90 Å². The maximum Gasteiger partial charge on any atom is 0.325 e. The Kier molecular flexibility index (Phi) is 14.3. The summed E-state index contributed by atoms with van der Waals surface area (Å²) in [6.45, 7) is 5.89. The zero-order valence-corrected chi connectivity index (χ0v) is 17.1. The molecule has 1 atom stereocenters. The molecule has 0 radical (unpaired) electrons. The molecule has 8 nitrogen and oxygen atoms in total. The molecule has 0 amide bonds. The van der Waals surface area contributed by atoms with Gasteiger partial charge < -0.3 is 14.2 Å². The van der Waals surface area contributed by atoms with E-state index in [0.29, 0.717) is 19.6 Å². The molecule has 1 aliphatic rings. The normalized spacial score (nSPS) is 16.3. The largest absolute Gasteiger partial charge is 0.726 e. The first kappa shape index (κ1) is 24.8. The predicted octanol–water partition coefficient (Wildman–Crippen LogP) is 1.02. The third-order valence-electron chi connectivity index (χ3n) is 3.55. The van der Waals surface area contributed by atoms with E-state index in [1.807, 2.05) is 31.3 Å². The lowest BCUT2D eigenvalue weighted by Gasteiger charge is -2.13. The first-order valence-electron chi connectivity index (χ1n) is 9.29. The van der Waals surface area contributed by atoms with Crippen LogP contribution in [-0.4, -0.2) is 57.3 Å². The number of hydrogen-bond acceptors (Lipinski definition) is 7. The first-order valence-corrected chi connectivity index (χ1v) is 10.6. The molecule has 0 bridgehead atoms. The topological polar surface area (TPSA) is 100 Å². The molecule has 0 aromatic carbocycles. The van der Waals surface area contributed by atoms with Gasteiger partial charge in [0, 0.05) is 0 Å². The van der Waals surface area contributed by atoms with Crippen molar-refractivity contribution in [2.24, 2.45) is 0 Å². The Hall–Kier alpha value is -1.16. The number of unbranched alkanes of at least 4 members (excludes halogenated alkanes) is 5. The lowest BCUT2D eigenvalue weighted by atomic mass is 10.1. The number of nitrogens with one attached hydrogen (secondary N) is 1. The van der Waals surface area contributed by atoms with Crippen LogP contribution in [0, 0.1) is 0 Å². The van der Waals surface area contributed by atoms with Gasteiger partial charge in [-0.05, 0) is 12.8 Å². The average Bonchev–Trinajstić information content (AvgIpc) is 2.96. The minimum absolute atomic E-state index is 0.0258. The number of ether oxygens (including phenoxy) is 1. The monoisotopic (exact) mass is 394 g/mol. The molecule has 0 saturated heterocycles. The van der Waals surface area contributed by atoms with E-state index in [-0.39, 0.29) is 12.6 Å². The summed E-state index contributed by atoms with van der Waals surface area (Å²) in [6, 6.07) is 0. The van der Waals surface area contributed by atoms with E-state index in [2.05, 4.69) is 11.1 Å². The summed E-state index contributed by atoms with van der Waals surface area (Å²) in [5.41, 5.74) is 0. The van der Waals surface area contributed by atoms with E-state index in [4.69, 9.17) is 4.74 Å². The highest BCUT2D eigenvalue weighted by Crippen LogP contribution is 2.05. The van der Waals surface area contributed by atoms with Crippen LogP contribution >= 0.6 is 0 Å². The van der Waals surface area contributed by atoms with Crippen molar-refractivity contribution in [3.05, 3.63) is 12.4 Å². The quantitative estimate of drug-likeness (QED) is 0.228. The number of carbonyl (C=O) groups excluding carboxylic acids is 1. The van der Waals surface area contributed by atoms with E-state index < -0.39 is 10.4 Å². The summed E-state index contributed by atoms with van der Waals surface area (Å²) in [5.74, 6) is -0.138. The highest BCUT2D eigenvalue weighted by atomic mass is 32.3. The summed E-state index contributed by atoms with van der Waals surface area (Å²) in [7, 11) is -2.42. The Morgan fingerprint density at radius 3 is 2.31 bits per heavy atom. The van der Waals surface area contributed by atoms with Crippen molar-refractivity contribution >= 4 is 16.4 Å². The van der Waals surface area contributed by atoms with Crippen LogP contribution in [0.4, 0.5) is 0 Å². The number of rotatable bonds is 12. The van der Waals surface area contributed by atoms with Crippen LogP contribution in [0.25, 0.3) is 0 Å². The lowest BCUT2D eigenvalue weighted by Crippen LogP contribution is -3.03. The van der Waals surface area contributed by atoms with Gasteiger partial charge in [-0.2, -0.15) is 0 Å². The van der Waals surface area contributed by atoms with Gasteiger partial charge in [-0.25, -0.2) is 8.42 Å². The van der Waals surface area contributed by atoms with Crippen molar-refractivity contribution in [3.63, 3.8) is 0 Å². The predicted molar refractivity (Wildman–Crippen MR) is 97.9 cm³/mol. The SMILES string of the molecule is CCCCCCCCOS(=O)(=O)[O-].CCCOC(=O)CN1C=C[NH+](C)C1. The third kappa shape index (κ3) is 16.3. The van der Waals surface area contributed by atoms with E-state index in [1.165, 1.54) is 24.2 Å². The second-order valence-corrected chi connectivity index (χ2v) is 7.34. The molecular weight excluding hydrogens is 360 g/mol. The molecule has 154 valence electrons. The smallest absolute Gasteiger partial charge is 0.325 e. The highest BCUT2D eigenvalue weighted by molar-refractivity contribution is 7.80. The van der Waals surface area contributed by atoms with Gasteiger partial charge in [-0.1, -0.05) is 46.0 Å². The Labute approximate surface area is 158 Å². The first-order chi connectivity index (χ1) is 12.3. The maximum atomic E-state index is 11.2. The molecule has 1 heterocycles. The maximum absolute atomic E-state index is 11.2. The lowest BCUT2D eigenvalue weighted by molar-refractivity contribution is -0.826. The standard InChI is InChI=1S/C9H16N2O2.C8H18O4S/c1-3-6-13-9(12)7-11-5-4-10(2)8-11;1-2-3-4-5-6-7-8-12-13(9,10)11/h4-5H,3,6-8H2,1-2H3;2-8H2,1H3,(H,9,10,11). The molecule has 0 spiro atoms. The molecule has 1 N–H and O–H groups in total. The molecule has 1 rings (SSSR count). The van der Waals surface area contributed by atoms with Crippen molar-refractivity contribution in [2.45, 2.75) is 58.8 Å². The number of hydrogen-bond donors (Lipinski definition) is 1. The molecule has 26 heavy (non-hydrogen) atoms. The fraction of sp³-hybridized carbons (Fsp3) is 0.824. The average molecular weight is 395 g/mol. The van der Waals surface area contributed by atoms with Crippen LogP contribution in [0.2, 0.25) is 0 Å². The van der Waals surface area contributed by atoms with E-state index in [1.54, 1.807) is 0 Å². The zero-order chi connectivity index (χ0) is 19.8. The number of nitrogens with zero attached hydrogens (tertiary/aromatic N) is 1. The number of quaternary nitrogens is 1. The fourth-order valence-electron chi connectivity index (χ4n) is 2.24. The molecule has 1 aliphatic heterocycles. The van der Waals surface area contributed by atoms with Crippen LogP contribution in [0.5, 0.6) is 0 Å². The van der Waals surface area contributed by atoms with Crippen molar-refractivity contribution < 1.29 is 31.6 Å². The summed E-state index contributed by atoms with van der Waals surface area (Å²) >= 11 is 0. The Balaban J connectivity index is 0.000000481. The summed E-state index contributed by atoms with van der Waals surface area (Å²) in [6.07, 6.45) is 11.0. The van der Waals surface area contributed by atoms with E-state index >= 15 is 0 Å². The van der Waals surface area contributed by atoms with Gasteiger partial charge in [0.05, 0.1) is 26.5 Å². The number of carbonyl (C=O) groups is 1. The van der Waals surface area contributed by atoms with E-state index in [0.717, 1.165) is 25.9 Å². The molecule has 0 saturated carbocycles. The van der Waals surface area contributed by atoms with Crippen molar-refractivity contribution in [1.29, 1.82) is 0 Å². The molecular formula is C17H34N2O6S. The number of esters is 1. The minimum Gasteiger partial charge on any atom is -0.726 e. The van der Waals surface area contributed by atoms with Gasteiger partial charge in [-0.15, -0.1) is 0 Å². The van der Waals surface area contributed by atoms with Gasteiger partial charge in [-0.3, -0.25) is 13.9 Å². The summed E-state index contributed by atoms with van der Waals surface area (Å²) in [4.78, 5) is 14.4.